The molecule has 0 fully saturated rings. The molecule has 1 aliphatic heterocycles. The lowest BCUT2D eigenvalue weighted by molar-refractivity contribution is -0.130. The molecule has 0 saturated heterocycles. The van der Waals surface area contributed by atoms with Gasteiger partial charge in [0.15, 0.2) is 11.5 Å². The molecule has 116 valence electrons. The minimum Gasteiger partial charge on any atom is -0.493 e. The molecule has 0 radical (unpaired) electrons. The number of nitrogens with zero attached hydrogens (tertiary/aromatic N) is 1. The number of hydrogen-bond donors (Lipinski definition) is 1. The lowest BCUT2D eigenvalue weighted by Gasteiger charge is -2.27. The molecule has 8 heteroatoms. The molecule has 0 spiro atoms. The monoisotopic (exact) mass is 314 g/mol. The fourth-order valence-corrected chi connectivity index (χ4v) is 3.71. The topological polar surface area (TPSA) is 84.9 Å². The molecule has 1 atom stereocenters. The van der Waals surface area contributed by atoms with Crippen LogP contribution in [0.3, 0.4) is 0 Å². The third-order valence-electron chi connectivity index (χ3n) is 3.32. The maximum atomic E-state index is 12.3. The normalized spacial score (nSPS) is 19.5. The molecule has 2 rings (SSSR count). The van der Waals surface area contributed by atoms with E-state index in [0.717, 1.165) is 0 Å². The molecule has 1 aliphatic rings. The number of likely N-dealkylation sites (N-methyl/N-ethyl adjacent to an activating group) is 1. The van der Waals surface area contributed by atoms with Crippen LogP contribution in [0.1, 0.15) is 5.56 Å². The molecule has 0 bridgehead atoms. The van der Waals surface area contributed by atoms with Crippen molar-refractivity contribution in [3.05, 3.63) is 17.7 Å². The predicted molar refractivity (Wildman–Crippen MR) is 76.1 cm³/mol. The van der Waals surface area contributed by atoms with Crippen molar-refractivity contribution < 1.29 is 22.7 Å². The molecule has 1 unspecified atom stereocenters. The van der Waals surface area contributed by atoms with Crippen molar-refractivity contribution >= 4 is 15.9 Å². The third kappa shape index (κ3) is 2.81. The first-order valence-electron chi connectivity index (χ1n) is 6.28. The smallest absolute Gasteiger partial charge is 0.241 e. The first-order valence-corrected chi connectivity index (χ1v) is 7.77. The van der Waals surface area contributed by atoms with Crippen LogP contribution in [0.2, 0.25) is 0 Å². The number of amides is 1. The number of benzene rings is 1. The van der Waals surface area contributed by atoms with Gasteiger partial charge in [0.25, 0.3) is 0 Å². The van der Waals surface area contributed by atoms with Crippen LogP contribution in [0.15, 0.2) is 17.0 Å². The summed E-state index contributed by atoms with van der Waals surface area (Å²) in [7, 11) is 2.32. The number of rotatable bonds is 3. The number of ether oxygens (including phenoxy) is 2. The van der Waals surface area contributed by atoms with E-state index in [2.05, 4.69) is 4.72 Å². The van der Waals surface area contributed by atoms with E-state index in [0.29, 0.717) is 17.1 Å². The standard InChI is InChI=1S/C13H18N2O5S/c1-15(2)13(16)9-5-8-6-10(19-3)11(20-4)7-12(8)21(17,18)14-9/h6-7,9,14H,5H2,1-4H3. The summed E-state index contributed by atoms with van der Waals surface area (Å²) in [5, 5.41) is 0. The fraction of sp³-hybridized carbons (Fsp3) is 0.462. The van der Waals surface area contributed by atoms with Crippen LogP contribution in [0, 0.1) is 0 Å². The van der Waals surface area contributed by atoms with Crippen molar-refractivity contribution in [2.75, 3.05) is 28.3 Å². The van der Waals surface area contributed by atoms with Gasteiger partial charge in [-0.2, -0.15) is 4.72 Å². The Hall–Kier alpha value is -1.80. The summed E-state index contributed by atoms with van der Waals surface area (Å²) in [5.41, 5.74) is 0.534. The molecule has 0 saturated carbocycles. The van der Waals surface area contributed by atoms with Gasteiger partial charge in [0.2, 0.25) is 15.9 Å². The van der Waals surface area contributed by atoms with Gasteiger partial charge in [0, 0.05) is 20.2 Å². The van der Waals surface area contributed by atoms with Crippen molar-refractivity contribution in [2.24, 2.45) is 0 Å². The van der Waals surface area contributed by atoms with Gasteiger partial charge in [-0.15, -0.1) is 0 Å². The quantitative estimate of drug-likeness (QED) is 0.848. The molecule has 1 aromatic carbocycles. The summed E-state index contributed by atoms with van der Waals surface area (Å²) in [6.45, 7) is 0. The van der Waals surface area contributed by atoms with Crippen LogP contribution in [-0.2, 0) is 21.2 Å². The second-order valence-electron chi connectivity index (χ2n) is 4.93. The molecule has 0 aliphatic carbocycles. The van der Waals surface area contributed by atoms with Crippen LogP contribution in [0.5, 0.6) is 11.5 Å². The lowest BCUT2D eigenvalue weighted by atomic mass is 10.0. The Balaban J connectivity index is 2.52. The van der Waals surface area contributed by atoms with Crippen molar-refractivity contribution in [1.82, 2.24) is 9.62 Å². The second-order valence-corrected chi connectivity index (χ2v) is 6.61. The SMILES string of the molecule is COc1cc2c(cc1OC)S(=O)(=O)NC(C(=O)N(C)C)C2. The van der Waals surface area contributed by atoms with Crippen LogP contribution >= 0.6 is 0 Å². The summed E-state index contributed by atoms with van der Waals surface area (Å²) in [6.07, 6.45) is 0.270. The van der Waals surface area contributed by atoms with Gasteiger partial charge in [-0.1, -0.05) is 0 Å². The van der Waals surface area contributed by atoms with Crippen LogP contribution < -0.4 is 14.2 Å². The maximum Gasteiger partial charge on any atom is 0.241 e. The molecular weight excluding hydrogens is 296 g/mol. The molecule has 7 nitrogen and oxygen atoms in total. The average molecular weight is 314 g/mol. The molecule has 1 heterocycles. The minimum atomic E-state index is -3.76. The van der Waals surface area contributed by atoms with Crippen molar-refractivity contribution in [1.29, 1.82) is 0 Å². The Bertz CT molecular complexity index is 669. The van der Waals surface area contributed by atoms with E-state index in [-0.39, 0.29) is 17.2 Å². The van der Waals surface area contributed by atoms with E-state index < -0.39 is 16.1 Å². The third-order valence-corrected chi connectivity index (χ3v) is 4.87. The molecule has 21 heavy (non-hydrogen) atoms. The highest BCUT2D eigenvalue weighted by molar-refractivity contribution is 7.89. The number of carbonyl (C=O) groups excluding carboxylic acids is 1. The Morgan fingerprint density at radius 3 is 2.33 bits per heavy atom. The number of fused-ring (bicyclic) bond motifs is 1. The summed E-state index contributed by atoms with van der Waals surface area (Å²) in [4.78, 5) is 13.5. The molecule has 0 aromatic heterocycles. The van der Waals surface area contributed by atoms with E-state index >= 15 is 0 Å². The first kappa shape index (κ1) is 15.6. The largest absolute Gasteiger partial charge is 0.493 e. The van der Waals surface area contributed by atoms with E-state index in [1.807, 2.05) is 0 Å². The van der Waals surface area contributed by atoms with Crippen LogP contribution in [0.4, 0.5) is 0 Å². The summed E-state index contributed by atoms with van der Waals surface area (Å²) >= 11 is 0. The van der Waals surface area contributed by atoms with E-state index in [1.165, 1.54) is 25.2 Å². The van der Waals surface area contributed by atoms with Crippen molar-refractivity contribution in [3.8, 4) is 11.5 Å². The second kappa shape index (κ2) is 5.53. The predicted octanol–water partition coefficient (Wildman–Crippen LogP) is -0.00500. The fourth-order valence-electron chi connectivity index (χ4n) is 2.27. The highest BCUT2D eigenvalue weighted by atomic mass is 32.2. The summed E-state index contributed by atoms with van der Waals surface area (Å²) in [6, 6.07) is 2.20. The highest BCUT2D eigenvalue weighted by Gasteiger charge is 2.35. The molecule has 1 aromatic rings. The number of carbonyl (C=O) groups is 1. The van der Waals surface area contributed by atoms with Crippen LogP contribution in [-0.4, -0.2) is 53.6 Å². The summed E-state index contributed by atoms with van der Waals surface area (Å²) in [5.74, 6) is 0.474. The zero-order valence-corrected chi connectivity index (χ0v) is 13.2. The van der Waals surface area contributed by atoms with Gasteiger partial charge < -0.3 is 14.4 Å². The van der Waals surface area contributed by atoms with Gasteiger partial charge >= 0.3 is 0 Å². The number of hydrogen-bond acceptors (Lipinski definition) is 5. The Kier molecular flexibility index (Phi) is 4.11. The number of methoxy groups -OCH3 is 2. The van der Waals surface area contributed by atoms with Gasteiger partial charge in [-0.3, -0.25) is 4.79 Å². The van der Waals surface area contributed by atoms with E-state index in [4.69, 9.17) is 9.47 Å². The Labute approximate surface area is 123 Å². The number of nitrogens with one attached hydrogen (secondary N) is 1. The average Bonchev–Trinajstić information content (AvgIpc) is 2.44. The zero-order chi connectivity index (χ0) is 15.8. The molecular formula is C13H18N2O5S. The Morgan fingerprint density at radius 2 is 1.81 bits per heavy atom. The highest BCUT2D eigenvalue weighted by Crippen LogP contribution is 2.35. The zero-order valence-electron chi connectivity index (χ0n) is 12.3. The van der Waals surface area contributed by atoms with Crippen LogP contribution in [0.25, 0.3) is 0 Å². The van der Waals surface area contributed by atoms with Gasteiger partial charge in [-0.25, -0.2) is 8.42 Å². The molecule has 1 N–H and O–H groups in total. The Morgan fingerprint density at radius 1 is 1.24 bits per heavy atom. The summed E-state index contributed by atoms with van der Waals surface area (Å²) < 4.78 is 37.3. The van der Waals surface area contributed by atoms with Gasteiger partial charge in [0.05, 0.1) is 19.1 Å². The number of sulfonamides is 1. The van der Waals surface area contributed by atoms with Crippen molar-refractivity contribution in [2.45, 2.75) is 17.4 Å². The lowest BCUT2D eigenvalue weighted by Crippen LogP contribution is -2.50. The first-order chi connectivity index (χ1) is 9.80. The maximum absolute atomic E-state index is 12.3. The van der Waals surface area contributed by atoms with Gasteiger partial charge in [0.1, 0.15) is 6.04 Å². The van der Waals surface area contributed by atoms with E-state index in [1.54, 1.807) is 20.2 Å². The van der Waals surface area contributed by atoms with E-state index in [9.17, 15) is 13.2 Å². The minimum absolute atomic E-state index is 0.114. The van der Waals surface area contributed by atoms with Gasteiger partial charge in [-0.05, 0) is 18.1 Å². The van der Waals surface area contributed by atoms with Crippen molar-refractivity contribution in [3.63, 3.8) is 0 Å². The molecule has 1 amide bonds.